The lowest BCUT2D eigenvalue weighted by Gasteiger charge is -2.11. The molecule has 4 heteroatoms. The summed E-state index contributed by atoms with van der Waals surface area (Å²) >= 11 is 9.51. The molecular weight excluding hydrogens is 338 g/mol. The van der Waals surface area contributed by atoms with Gasteiger partial charge in [0.25, 0.3) is 0 Å². The largest absolute Gasteiger partial charge is 0.456 e. The van der Waals surface area contributed by atoms with Gasteiger partial charge in [0.15, 0.2) is 0 Å². The Morgan fingerprint density at radius 1 is 1.20 bits per heavy atom. The molecule has 20 heavy (non-hydrogen) atoms. The molecule has 0 aliphatic rings. The first-order valence-corrected chi connectivity index (χ1v) is 7.58. The highest BCUT2D eigenvalue weighted by Gasteiger charge is 2.08. The van der Waals surface area contributed by atoms with Gasteiger partial charge >= 0.3 is 0 Å². The van der Waals surface area contributed by atoms with Crippen molar-refractivity contribution in [3.63, 3.8) is 0 Å². The average molecular weight is 351 g/mol. The summed E-state index contributed by atoms with van der Waals surface area (Å²) in [6.45, 7) is 3.86. The summed E-state index contributed by atoms with van der Waals surface area (Å²) in [6, 6.07) is 11.5. The Bertz CT molecular complexity index is 668. The van der Waals surface area contributed by atoms with Crippen LogP contribution in [0.5, 0.6) is 11.5 Å². The van der Waals surface area contributed by atoms with E-state index in [0.29, 0.717) is 22.4 Å². The summed E-state index contributed by atoms with van der Waals surface area (Å²) < 4.78 is 5.82. The highest BCUT2D eigenvalue weighted by atomic mass is 79.9. The van der Waals surface area contributed by atoms with Gasteiger partial charge in [0.2, 0.25) is 0 Å². The number of hydrogen-bond acceptors (Lipinski definition) is 2. The number of nitrogens with zero attached hydrogens (tertiary/aromatic N) is 1. The molecule has 2 aromatic carbocycles. The Kier molecular flexibility index (Phi) is 4.69. The van der Waals surface area contributed by atoms with Gasteiger partial charge in [-0.25, -0.2) is 0 Å². The predicted molar refractivity (Wildman–Crippen MR) is 84.8 cm³/mol. The first kappa shape index (κ1) is 14.9. The van der Waals surface area contributed by atoms with Crippen LogP contribution in [0.4, 0.5) is 0 Å². The lowest BCUT2D eigenvalue weighted by atomic mass is 10.1. The van der Waals surface area contributed by atoms with E-state index < -0.39 is 0 Å². The molecule has 102 valence electrons. The molecule has 0 unspecified atom stereocenters. The third kappa shape index (κ3) is 3.15. The zero-order chi connectivity index (χ0) is 14.7. The molecule has 0 N–H and O–H groups in total. The number of hydrogen-bond donors (Lipinski definition) is 0. The van der Waals surface area contributed by atoms with E-state index >= 15 is 0 Å². The molecule has 0 saturated heterocycles. The third-order valence-corrected chi connectivity index (χ3v) is 4.20. The monoisotopic (exact) mass is 349 g/mol. The lowest BCUT2D eigenvalue weighted by molar-refractivity contribution is 0.480. The maximum absolute atomic E-state index is 9.20. The van der Waals surface area contributed by atoms with E-state index in [1.54, 1.807) is 0 Å². The minimum atomic E-state index is 0.521. The normalized spacial score (nSPS) is 10.2. The van der Waals surface area contributed by atoms with E-state index in [1.807, 2.05) is 44.2 Å². The Hall–Kier alpha value is -1.50. The summed E-state index contributed by atoms with van der Waals surface area (Å²) in [5.41, 5.74) is 3.47. The molecule has 0 bridgehead atoms. The molecular formula is C16H13BrClNO. The van der Waals surface area contributed by atoms with Crippen molar-refractivity contribution in [1.29, 1.82) is 5.26 Å². The van der Waals surface area contributed by atoms with Gasteiger partial charge in [-0.2, -0.15) is 5.26 Å². The number of nitriles is 1. The van der Waals surface area contributed by atoms with E-state index in [9.17, 15) is 5.26 Å². The van der Waals surface area contributed by atoms with Gasteiger partial charge in [0.05, 0.1) is 5.56 Å². The summed E-state index contributed by atoms with van der Waals surface area (Å²) in [7, 11) is 0. The van der Waals surface area contributed by atoms with Crippen LogP contribution in [0.15, 0.2) is 30.3 Å². The van der Waals surface area contributed by atoms with E-state index in [-0.39, 0.29) is 0 Å². The molecule has 0 spiro atoms. The van der Waals surface area contributed by atoms with Gasteiger partial charge < -0.3 is 4.74 Å². The van der Waals surface area contributed by atoms with E-state index in [0.717, 1.165) is 21.7 Å². The molecule has 0 saturated carbocycles. The van der Waals surface area contributed by atoms with Crippen LogP contribution >= 0.6 is 27.5 Å². The SMILES string of the molecule is Cc1cc(Oc2ccc(CBr)cc2C#N)cc(C)c1Cl. The molecule has 0 amide bonds. The molecule has 0 aliphatic carbocycles. The van der Waals surface area contributed by atoms with Gasteiger partial charge in [-0.3, -0.25) is 0 Å². The Labute approximate surface area is 132 Å². The van der Waals surface area contributed by atoms with Gasteiger partial charge in [0, 0.05) is 10.4 Å². The maximum Gasteiger partial charge on any atom is 0.145 e. The standard InChI is InChI=1S/C16H13BrClNO/c1-10-5-14(6-11(2)16(10)18)20-15-4-3-12(8-17)7-13(15)9-19/h3-7H,8H2,1-2H3. The minimum Gasteiger partial charge on any atom is -0.456 e. The van der Waals surface area contributed by atoms with E-state index in [2.05, 4.69) is 22.0 Å². The topological polar surface area (TPSA) is 33.0 Å². The maximum atomic E-state index is 9.20. The van der Waals surface area contributed by atoms with Crippen molar-refractivity contribution in [1.82, 2.24) is 0 Å². The van der Waals surface area contributed by atoms with Crippen molar-refractivity contribution in [2.45, 2.75) is 19.2 Å². The van der Waals surface area contributed by atoms with Crippen molar-refractivity contribution < 1.29 is 4.74 Å². The van der Waals surface area contributed by atoms with Gasteiger partial charge in [-0.15, -0.1) is 0 Å². The Balaban J connectivity index is 2.38. The van der Waals surface area contributed by atoms with Crippen molar-refractivity contribution in [2.24, 2.45) is 0 Å². The van der Waals surface area contributed by atoms with Crippen LogP contribution in [0.3, 0.4) is 0 Å². The smallest absolute Gasteiger partial charge is 0.145 e. The molecule has 0 radical (unpaired) electrons. The zero-order valence-electron chi connectivity index (χ0n) is 11.2. The fraction of sp³-hybridized carbons (Fsp3) is 0.188. The first-order valence-electron chi connectivity index (χ1n) is 6.08. The number of rotatable bonds is 3. The van der Waals surface area contributed by atoms with Crippen LogP contribution in [0.1, 0.15) is 22.3 Å². The van der Waals surface area contributed by atoms with Crippen molar-refractivity contribution in [3.8, 4) is 17.6 Å². The van der Waals surface area contributed by atoms with Crippen LogP contribution in [-0.4, -0.2) is 0 Å². The van der Waals surface area contributed by atoms with Crippen molar-refractivity contribution in [3.05, 3.63) is 57.6 Å². The van der Waals surface area contributed by atoms with Crippen LogP contribution in [0, 0.1) is 25.2 Å². The second-order valence-corrected chi connectivity index (χ2v) is 5.49. The molecule has 0 heterocycles. The molecule has 2 rings (SSSR count). The molecule has 0 atom stereocenters. The average Bonchev–Trinajstić information content (AvgIpc) is 2.45. The highest BCUT2D eigenvalue weighted by Crippen LogP contribution is 2.31. The highest BCUT2D eigenvalue weighted by molar-refractivity contribution is 9.08. The molecule has 0 fully saturated rings. The first-order chi connectivity index (χ1) is 9.55. The van der Waals surface area contributed by atoms with Crippen LogP contribution in [0.25, 0.3) is 0 Å². The van der Waals surface area contributed by atoms with E-state index in [1.165, 1.54) is 0 Å². The number of alkyl halides is 1. The van der Waals surface area contributed by atoms with Crippen LogP contribution in [-0.2, 0) is 5.33 Å². The third-order valence-electron chi connectivity index (χ3n) is 2.96. The second-order valence-electron chi connectivity index (χ2n) is 4.55. The molecule has 2 aromatic rings. The van der Waals surface area contributed by atoms with E-state index in [4.69, 9.17) is 16.3 Å². The fourth-order valence-electron chi connectivity index (χ4n) is 1.93. The molecule has 2 nitrogen and oxygen atoms in total. The molecule has 0 aliphatic heterocycles. The van der Waals surface area contributed by atoms with Crippen molar-refractivity contribution in [2.75, 3.05) is 0 Å². The number of halogens is 2. The number of aryl methyl sites for hydroxylation is 2. The quantitative estimate of drug-likeness (QED) is 0.683. The zero-order valence-corrected chi connectivity index (χ0v) is 13.5. The van der Waals surface area contributed by atoms with Gasteiger partial charge in [-0.1, -0.05) is 33.6 Å². The van der Waals surface area contributed by atoms with Crippen LogP contribution in [0.2, 0.25) is 5.02 Å². The fourth-order valence-corrected chi connectivity index (χ4v) is 2.39. The Morgan fingerprint density at radius 2 is 1.85 bits per heavy atom. The number of benzene rings is 2. The Morgan fingerprint density at radius 3 is 2.40 bits per heavy atom. The predicted octanol–water partition coefficient (Wildman–Crippen LogP) is 5.52. The summed E-state index contributed by atoms with van der Waals surface area (Å²) in [4.78, 5) is 0. The van der Waals surface area contributed by atoms with Crippen molar-refractivity contribution >= 4 is 27.5 Å². The van der Waals surface area contributed by atoms with Crippen LogP contribution < -0.4 is 4.74 Å². The minimum absolute atomic E-state index is 0.521. The number of ether oxygens (including phenoxy) is 1. The van der Waals surface area contributed by atoms with Gasteiger partial charge in [-0.05, 0) is 54.8 Å². The summed E-state index contributed by atoms with van der Waals surface area (Å²) in [5, 5.41) is 10.7. The lowest BCUT2D eigenvalue weighted by Crippen LogP contribution is -1.92. The summed E-state index contributed by atoms with van der Waals surface area (Å²) in [6.07, 6.45) is 0. The summed E-state index contributed by atoms with van der Waals surface area (Å²) in [5.74, 6) is 1.24. The second kappa shape index (κ2) is 6.30. The van der Waals surface area contributed by atoms with Gasteiger partial charge in [0.1, 0.15) is 17.6 Å². The molecule has 0 aromatic heterocycles.